The van der Waals surface area contributed by atoms with Gasteiger partial charge in [0, 0.05) is 24.5 Å². The van der Waals surface area contributed by atoms with Gasteiger partial charge in [-0.15, -0.1) is 0 Å². The van der Waals surface area contributed by atoms with Crippen molar-refractivity contribution in [2.24, 2.45) is 5.41 Å². The first kappa shape index (κ1) is 14.4. The summed E-state index contributed by atoms with van der Waals surface area (Å²) < 4.78 is 0. The topological polar surface area (TPSA) is 56.1 Å². The molecule has 1 aromatic rings. The van der Waals surface area contributed by atoms with Crippen LogP contribution in [0, 0.1) is 16.7 Å². The van der Waals surface area contributed by atoms with Crippen molar-refractivity contribution in [3.05, 3.63) is 24.3 Å². The van der Waals surface area contributed by atoms with Gasteiger partial charge in [0.05, 0.1) is 6.07 Å². The zero-order chi connectivity index (χ0) is 14.6. The Labute approximate surface area is 120 Å². The van der Waals surface area contributed by atoms with E-state index in [2.05, 4.69) is 10.2 Å². The Kier molecular flexibility index (Phi) is 4.29. The predicted molar refractivity (Wildman–Crippen MR) is 80.5 cm³/mol. The molecule has 0 aliphatic carbocycles. The molecule has 0 atom stereocenters. The molecule has 0 unspecified atom stereocenters. The minimum Gasteiger partial charge on any atom is -0.372 e. The minimum atomic E-state index is -1.01. The summed E-state index contributed by atoms with van der Waals surface area (Å²) in [6.07, 6.45) is 3.80. The molecule has 1 aromatic carbocycles. The van der Waals surface area contributed by atoms with E-state index in [0.717, 1.165) is 18.8 Å². The van der Waals surface area contributed by atoms with Crippen molar-refractivity contribution < 1.29 is 4.79 Å². The standard InChI is InChI=1S/C16H21N3O/c1-16(2,12-17)15(20)18-13-6-8-14(9-7-13)19-10-4-3-5-11-19/h6-9H,3-5,10-11H2,1-2H3,(H,18,20). The third kappa shape index (κ3) is 3.30. The van der Waals surface area contributed by atoms with Gasteiger partial charge in [0.2, 0.25) is 5.91 Å². The van der Waals surface area contributed by atoms with Crippen molar-refractivity contribution in [2.45, 2.75) is 33.1 Å². The van der Waals surface area contributed by atoms with Crippen LogP contribution in [0.5, 0.6) is 0 Å². The van der Waals surface area contributed by atoms with Crippen molar-refractivity contribution in [1.82, 2.24) is 0 Å². The Morgan fingerprint density at radius 1 is 1.20 bits per heavy atom. The SMILES string of the molecule is CC(C)(C#N)C(=O)Nc1ccc(N2CCCCC2)cc1. The second-order valence-corrected chi connectivity index (χ2v) is 5.79. The van der Waals surface area contributed by atoms with Crippen LogP contribution in [0.25, 0.3) is 0 Å². The fourth-order valence-electron chi connectivity index (χ4n) is 2.25. The molecule has 1 fully saturated rings. The van der Waals surface area contributed by atoms with E-state index in [0.29, 0.717) is 0 Å². The van der Waals surface area contributed by atoms with Crippen LogP contribution in [0.1, 0.15) is 33.1 Å². The third-order valence-corrected chi connectivity index (χ3v) is 3.69. The van der Waals surface area contributed by atoms with E-state index in [4.69, 9.17) is 5.26 Å². The normalized spacial score (nSPS) is 15.6. The molecule has 0 spiro atoms. The molecule has 1 N–H and O–H groups in total. The lowest BCUT2D eigenvalue weighted by Crippen LogP contribution is -2.30. The molecule has 1 aliphatic heterocycles. The van der Waals surface area contributed by atoms with Crippen LogP contribution >= 0.6 is 0 Å². The van der Waals surface area contributed by atoms with Gasteiger partial charge in [-0.25, -0.2) is 0 Å². The summed E-state index contributed by atoms with van der Waals surface area (Å²) >= 11 is 0. The van der Waals surface area contributed by atoms with Crippen LogP contribution < -0.4 is 10.2 Å². The number of carbonyl (C=O) groups is 1. The van der Waals surface area contributed by atoms with E-state index >= 15 is 0 Å². The number of hydrogen-bond acceptors (Lipinski definition) is 3. The van der Waals surface area contributed by atoms with Crippen molar-refractivity contribution >= 4 is 17.3 Å². The van der Waals surface area contributed by atoms with Gasteiger partial charge >= 0.3 is 0 Å². The average Bonchev–Trinajstić information content (AvgIpc) is 2.49. The Balaban J connectivity index is 2.01. The van der Waals surface area contributed by atoms with Gasteiger partial charge in [-0.3, -0.25) is 4.79 Å². The molecular formula is C16H21N3O. The van der Waals surface area contributed by atoms with Gasteiger partial charge in [0.1, 0.15) is 5.41 Å². The van der Waals surface area contributed by atoms with Gasteiger partial charge in [-0.05, 0) is 57.4 Å². The van der Waals surface area contributed by atoms with Gasteiger partial charge in [-0.2, -0.15) is 5.26 Å². The van der Waals surface area contributed by atoms with Crippen LogP contribution in [-0.4, -0.2) is 19.0 Å². The molecule has 4 heteroatoms. The van der Waals surface area contributed by atoms with Crippen LogP contribution in [0.3, 0.4) is 0 Å². The smallest absolute Gasteiger partial charge is 0.244 e. The van der Waals surface area contributed by atoms with Crippen LogP contribution in [0.4, 0.5) is 11.4 Å². The maximum absolute atomic E-state index is 11.9. The molecule has 106 valence electrons. The fourth-order valence-corrected chi connectivity index (χ4v) is 2.25. The molecular weight excluding hydrogens is 250 g/mol. The monoisotopic (exact) mass is 271 g/mol. The molecule has 1 amide bonds. The number of hydrogen-bond donors (Lipinski definition) is 1. The van der Waals surface area contributed by atoms with Crippen LogP contribution in [0.15, 0.2) is 24.3 Å². The molecule has 20 heavy (non-hydrogen) atoms. The molecule has 0 bridgehead atoms. The zero-order valence-corrected chi connectivity index (χ0v) is 12.1. The average molecular weight is 271 g/mol. The highest BCUT2D eigenvalue weighted by Crippen LogP contribution is 2.23. The van der Waals surface area contributed by atoms with Gasteiger partial charge in [0.15, 0.2) is 0 Å². The number of carbonyl (C=O) groups excluding carboxylic acids is 1. The van der Waals surface area contributed by atoms with Crippen LogP contribution in [-0.2, 0) is 4.79 Å². The van der Waals surface area contributed by atoms with Crippen LogP contribution in [0.2, 0.25) is 0 Å². The van der Waals surface area contributed by atoms with E-state index in [9.17, 15) is 4.79 Å². The fraction of sp³-hybridized carbons (Fsp3) is 0.500. The number of nitrogens with one attached hydrogen (secondary N) is 1. The van der Waals surface area contributed by atoms with Crippen molar-refractivity contribution in [3.8, 4) is 6.07 Å². The number of nitriles is 1. The maximum atomic E-state index is 11.9. The molecule has 0 radical (unpaired) electrons. The summed E-state index contributed by atoms with van der Waals surface area (Å²) in [6, 6.07) is 9.86. The Morgan fingerprint density at radius 2 is 1.80 bits per heavy atom. The second-order valence-electron chi connectivity index (χ2n) is 5.79. The number of nitrogens with zero attached hydrogens (tertiary/aromatic N) is 2. The summed E-state index contributed by atoms with van der Waals surface area (Å²) in [5.41, 5.74) is 0.923. The summed E-state index contributed by atoms with van der Waals surface area (Å²) in [6.45, 7) is 5.44. The summed E-state index contributed by atoms with van der Waals surface area (Å²) in [5, 5.41) is 11.7. The predicted octanol–water partition coefficient (Wildman–Crippen LogP) is 3.17. The van der Waals surface area contributed by atoms with Gasteiger partial charge in [0.25, 0.3) is 0 Å². The number of anilines is 2. The van der Waals surface area contributed by atoms with E-state index < -0.39 is 5.41 Å². The molecule has 0 aromatic heterocycles. The van der Waals surface area contributed by atoms with E-state index in [-0.39, 0.29) is 5.91 Å². The van der Waals surface area contributed by atoms with Crippen molar-refractivity contribution in [2.75, 3.05) is 23.3 Å². The van der Waals surface area contributed by atoms with Gasteiger partial charge < -0.3 is 10.2 Å². The van der Waals surface area contributed by atoms with Crippen molar-refractivity contribution in [3.63, 3.8) is 0 Å². The molecule has 2 rings (SSSR count). The Bertz CT molecular complexity index is 508. The number of piperidine rings is 1. The number of amides is 1. The zero-order valence-electron chi connectivity index (χ0n) is 12.1. The highest BCUT2D eigenvalue weighted by molar-refractivity contribution is 5.96. The first-order chi connectivity index (χ1) is 9.53. The lowest BCUT2D eigenvalue weighted by atomic mass is 9.94. The lowest BCUT2D eigenvalue weighted by molar-refractivity contribution is -0.121. The maximum Gasteiger partial charge on any atom is 0.244 e. The summed E-state index contributed by atoms with van der Waals surface area (Å²) in [5.74, 6) is -0.272. The molecule has 1 saturated heterocycles. The quantitative estimate of drug-likeness (QED) is 0.918. The molecule has 1 heterocycles. The Morgan fingerprint density at radius 3 is 2.35 bits per heavy atom. The number of benzene rings is 1. The van der Waals surface area contributed by atoms with Gasteiger partial charge in [-0.1, -0.05) is 0 Å². The molecule has 0 saturated carbocycles. The van der Waals surface area contributed by atoms with E-state index in [1.54, 1.807) is 13.8 Å². The first-order valence-corrected chi connectivity index (χ1v) is 7.11. The lowest BCUT2D eigenvalue weighted by Gasteiger charge is -2.29. The minimum absolute atomic E-state index is 0.272. The highest BCUT2D eigenvalue weighted by Gasteiger charge is 2.27. The largest absolute Gasteiger partial charge is 0.372 e. The second kappa shape index (κ2) is 5.96. The Hall–Kier alpha value is -2.02. The van der Waals surface area contributed by atoms with E-state index in [1.165, 1.54) is 24.9 Å². The third-order valence-electron chi connectivity index (χ3n) is 3.69. The number of rotatable bonds is 3. The summed E-state index contributed by atoms with van der Waals surface area (Å²) in [4.78, 5) is 14.3. The van der Waals surface area contributed by atoms with Crippen molar-refractivity contribution in [1.29, 1.82) is 5.26 Å². The first-order valence-electron chi connectivity index (χ1n) is 7.11. The highest BCUT2D eigenvalue weighted by atomic mass is 16.2. The molecule has 4 nitrogen and oxygen atoms in total. The molecule has 1 aliphatic rings. The van der Waals surface area contributed by atoms with E-state index in [1.807, 2.05) is 30.3 Å². The summed E-state index contributed by atoms with van der Waals surface area (Å²) in [7, 11) is 0.